The normalized spacial score (nSPS) is 15.0. The minimum Gasteiger partial charge on any atom is -0.492 e. The summed E-state index contributed by atoms with van der Waals surface area (Å²) in [4.78, 5) is 14.4. The molecule has 132 valence electrons. The summed E-state index contributed by atoms with van der Waals surface area (Å²) >= 11 is 0. The molecule has 1 aromatic heterocycles. The highest BCUT2D eigenvalue weighted by Crippen LogP contribution is 2.26. The van der Waals surface area contributed by atoms with Gasteiger partial charge in [-0.05, 0) is 49.9 Å². The van der Waals surface area contributed by atoms with E-state index < -0.39 is 0 Å². The van der Waals surface area contributed by atoms with Gasteiger partial charge in [0, 0.05) is 13.1 Å². The van der Waals surface area contributed by atoms with Crippen LogP contribution in [-0.4, -0.2) is 40.7 Å². The van der Waals surface area contributed by atoms with Crippen LogP contribution >= 0.6 is 0 Å². The van der Waals surface area contributed by atoms with E-state index in [9.17, 15) is 4.79 Å². The Bertz CT molecular complexity index is 710. The Morgan fingerprint density at radius 2 is 1.96 bits per heavy atom. The molecule has 0 spiro atoms. The molecule has 1 aromatic carbocycles. The van der Waals surface area contributed by atoms with Crippen molar-refractivity contribution < 1.29 is 9.53 Å². The molecule has 0 atom stereocenters. The smallest absolute Gasteiger partial charge is 0.274 e. The van der Waals surface area contributed by atoms with Crippen LogP contribution in [0.25, 0.3) is 0 Å². The fraction of sp³-hybridized carbons (Fsp3) is 0.421. The molecule has 1 saturated heterocycles. The van der Waals surface area contributed by atoms with Gasteiger partial charge in [0.05, 0.1) is 12.3 Å². The maximum atomic E-state index is 12.5. The minimum atomic E-state index is -0.0410. The van der Waals surface area contributed by atoms with Crippen molar-refractivity contribution in [1.29, 1.82) is 0 Å². The maximum absolute atomic E-state index is 12.5. The lowest BCUT2D eigenvalue weighted by Crippen LogP contribution is -2.38. The first-order valence-electron chi connectivity index (χ1n) is 8.79. The van der Waals surface area contributed by atoms with Crippen molar-refractivity contribution in [2.24, 2.45) is 5.92 Å². The lowest BCUT2D eigenvalue weighted by atomic mass is 9.99. The molecule has 1 N–H and O–H groups in total. The molecule has 1 fully saturated rings. The number of likely N-dealkylation sites (tertiary alicyclic amines) is 1. The Balaban J connectivity index is 1.67. The van der Waals surface area contributed by atoms with Gasteiger partial charge in [-0.2, -0.15) is 0 Å². The number of carbonyl (C=O) groups excluding carboxylic acids is 1. The average Bonchev–Trinajstić information content (AvgIpc) is 2.64. The van der Waals surface area contributed by atoms with E-state index in [2.05, 4.69) is 22.4 Å². The predicted molar refractivity (Wildman–Crippen MR) is 97.2 cm³/mol. The van der Waals surface area contributed by atoms with Gasteiger partial charge in [-0.15, -0.1) is 10.2 Å². The third kappa shape index (κ3) is 4.26. The number of nitrogens with one attached hydrogen (secondary N) is 1. The van der Waals surface area contributed by atoms with Crippen LogP contribution in [0.2, 0.25) is 0 Å². The molecule has 25 heavy (non-hydrogen) atoms. The summed E-state index contributed by atoms with van der Waals surface area (Å²) in [6.07, 6.45) is 2.10. The van der Waals surface area contributed by atoms with Crippen LogP contribution in [0.5, 0.6) is 5.75 Å². The van der Waals surface area contributed by atoms with Gasteiger partial charge in [-0.3, -0.25) is 4.79 Å². The lowest BCUT2D eigenvalue weighted by Gasteiger charge is -2.29. The second-order valence-corrected chi connectivity index (χ2v) is 6.33. The Hall–Kier alpha value is -2.63. The van der Waals surface area contributed by atoms with Crippen LogP contribution in [0, 0.1) is 5.92 Å². The van der Waals surface area contributed by atoms with Gasteiger partial charge in [-0.25, -0.2) is 0 Å². The number of piperidine rings is 1. The topological polar surface area (TPSA) is 67.3 Å². The second-order valence-electron chi connectivity index (χ2n) is 6.33. The molecule has 0 bridgehead atoms. The molecule has 0 radical (unpaired) electrons. The second kappa shape index (κ2) is 7.96. The van der Waals surface area contributed by atoms with Crippen molar-refractivity contribution in [3.8, 4) is 5.75 Å². The first-order chi connectivity index (χ1) is 12.2. The van der Waals surface area contributed by atoms with Crippen LogP contribution < -0.4 is 10.1 Å². The fourth-order valence-electron chi connectivity index (χ4n) is 2.88. The van der Waals surface area contributed by atoms with Crippen LogP contribution in [0.4, 0.5) is 11.5 Å². The summed E-state index contributed by atoms with van der Waals surface area (Å²) in [6.45, 7) is 6.35. The zero-order valence-corrected chi connectivity index (χ0v) is 14.7. The van der Waals surface area contributed by atoms with Gasteiger partial charge in [0.2, 0.25) is 0 Å². The molecule has 2 heterocycles. The van der Waals surface area contributed by atoms with Gasteiger partial charge in [0.25, 0.3) is 5.91 Å². The molecule has 0 saturated carbocycles. The van der Waals surface area contributed by atoms with E-state index in [1.165, 1.54) is 0 Å². The highest BCUT2D eigenvalue weighted by molar-refractivity contribution is 5.92. The lowest BCUT2D eigenvalue weighted by molar-refractivity contribution is 0.0690. The van der Waals surface area contributed by atoms with Gasteiger partial charge in [0.1, 0.15) is 5.75 Å². The Kier molecular flexibility index (Phi) is 5.48. The van der Waals surface area contributed by atoms with Crippen molar-refractivity contribution in [3.05, 3.63) is 42.1 Å². The SMILES string of the molecule is CCOc1ccccc1Nc1ccc(C(=O)N2CCC(C)CC2)nn1. The van der Waals surface area contributed by atoms with E-state index in [1.807, 2.05) is 36.1 Å². The third-order valence-electron chi connectivity index (χ3n) is 4.40. The molecule has 0 aliphatic carbocycles. The molecule has 0 unspecified atom stereocenters. The van der Waals surface area contributed by atoms with E-state index in [0.717, 1.165) is 37.4 Å². The molecule has 1 amide bonds. The number of hydrogen-bond acceptors (Lipinski definition) is 5. The molecule has 6 nitrogen and oxygen atoms in total. The monoisotopic (exact) mass is 340 g/mol. The van der Waals surface area contributed by atoms with Crippen molar-refractivity contribution in [3.63, 3.8) is 0 Å². The van der Waals surface area contributed by atoms with Crippen LogP contribution in [0.3, 0.4) is 0 Å². The van der Waals surface area contributed by atoms with Gasteiger partial charge in [-0.1, -0.05) is 19.1 Å². The van der Waals surface area contributed by atoms with E-state index in [1.54, 1.807) is 12.1 Å². The summed E-state index contributed by atoms with van der Waals surface area (Å²) in [5.74, 6) is 1.98. The number of ether oxygens (including phenoxy) is 1. The molecule has 3 rings (SSSR count). The highest BCUT2D eigenvalue weighted by atomic mass is 16.5. The fourth-order valence-corrected chi connectivity index (χ4v) is 2.88. The number of hydrogen-bond donors (Lipinski definition) is 1. The maximum Gasteiger partial charge on any atom is 0.274 e. The number of anilines is 2. The highest BCUT2D eigenvalue weighted by Gasteiger charge is 2.22. The molecule has 2 aromatic rings. The van der Waals surface area contributed by atoms with Gasteiger partial charge in [0.15, 0.2) is 11.5 Å². The summed E-state index contributed by atoms with van der Waals surface area (Å²) in [7, 11) is 0. The summed E-state index contributed by atoms with van der Waals surface area (Å²) < 4.78 is 5.59. The van der Waals surface area contributed by atoms with E-state index >= 15 is 0 Å². The summed E-state index contributed by atoms with van der Waals surface area (Å²) in [5, 5.41) is 11.4. The standard InChI is InChI=1S/C19H24N4O2/c1-3-25-17-7-5-4-6-15(17)20-18-9-8-16(21-22-18)19(24)23-12-10-14(2)11-13-23/h4-9,14H,3,10-13H2,1-2H3,(H,20,22). The molecule has 1 aliphatic heterocycles. The Morgan fingerprint density at radius 3 is 2.64 bits per heavy atom. The third-order valence-corrected chi connectivity index (χ3v) is 4.40. The summed E-state index contributed by atoms with van der Waals surface area (Å²) in [6, 6.07) is 11.2. The quantitative estimate of drug-likeness (QED) is 0.902. The van der Waals surface area contributed by atoms with E-state index in [-0.39, 0.29) is 5.91 Å². The number of benzene rings is 1. The Labute approximate surface area is 148 Å². The number of rotatable bonds is 5. The van der Waals surface area contributed by atoms with Crippen molar-refractivity contribution in [1.82, 2.24) is 15.1 Å². The van der Waals surface area contributed by atoms with Gasteiger partial charge >= 0.3 is 0 Å². The first kappa shape index (κ1) is 17.2. The van der Waals surface area contributed by atoms with Crippen molar-refractivity contribution in [2.45, 2.75) is 26.7 Å². The predicted octanol–water partition coefficient (Wildman–Crippen LogP) is 3.49. The number of carbonyl (C=O) groups is 1. The van der Waals surface area contributed by atoms with E-state index in [4.69, 9.17) is 4.74 Å². The largest absolute Gasteiger partial charge is 0.492 e. The summed E-state index contributed by atoms with van der Waals surface area (Å²) in [5.41, 5.74) is 1.21. The van der Waals surface area contributed by atoms with Gasteiger partial charge < -0.3 is 15.0 Å². The van der Waals surface area contributed by atoms with Crippen molar-refractivity contribution >= 4 is 17.4 Å². The van der Waals surface area contributed by atoms with Crippen LogP contribution in [0.15, 0.2) is 36.4 Å². The number of para-hydroxylation sites is 2. The average molecular weight is 340 g/mol. The first-order valence-corrected chi connectivity index (χ1v) is 8.79. The minimum absolute atomic E-state index is 0.0410. The number of nitrogens with zero attached hydrogens (tertiary/aromatic N) is 3. The molecule has 1 aliphatic rings. The zero-order valence-electron chi connectivity index (χ0n) is 14.7. The molecular weight excluding hydrogens is 316 g/mol. The number of amides is 1. The van der Waals surface area contributed by atoms with E-state index in [0.29, 0.717) is 24.0 Å². The van der Waals surface area contributed by atoms with Crippen LogP contribution in [-0.2, 0) is 0 Å². The molecule has 6 heteroatoms. The number of aromatic nitrogens is 2. The van der Waals surface area contributed by atoms with Crippen molar-refractivity contribution in [2.75, 3.05) is 25.0 Å². The molecular formula is C19H24N4O2. The van der Waals surface area contributed by atoms with Crippen LogP contribution in [0.1, 0.15) is 37.2 Å². The Morgan fingerprint density at radius 1 is 1.20 bits per heavy atom. The zero-order chi connectivity index (χ0) is 17.6.